The highest BCUT2D eigenvalue weighted by Crippen LogP contribution is 2.23. The predicted octanol–water partition coefficient (Wildman–Crippen LogP) is 2.33. The van der Waals surface area contributed by atoms with Gasteiger partial charge < -0.3 is 10.2 Å². The lowest BCUT2D eigenvalue weighted by Crippen LogP contribution is -2.35. The fourth-order valence-electron chi connectivity index (χ4n) is 2.29. The van der Waals surface area contributed by atoms with Crippen molar-refractivity contribution in [2.24, 2.45) is 0 Å². The molecule has 0 unspecified atom stereocenters. The summed E-state index contributed by atoms with van der Waals surface area (Å²) in [6.45, 7) is 0. The van der Waals surface area contributed by atoms with Gasteiger partial charge in [-0.05, 0) is 24.4 Å². The standard InChI is InChI=1S/C17H15N5O6S/c1-20(2)16(24)13-5-3-4-6-14(13)18-17(29)19-15(23)10-7-11(21(25)26)9-12(8-10)22(27)28/h3-9H,1-2H3,(H2,18,19,23,29). The van der Waals surface area contributed by atoms with Crippen molar-refractivity contribution < 1.29 is 19.4 Å². The number of nitro groups is 2. The van der Waals surface area contributed by atoms with Crippen LogP contribution < -0.4 is 10.6 Å². The number of anilines is 1. The summed E-state index contributed by atoms with van der Waals surface area (Å²) in [5, 5.41) is 26.7. The number of rotatable bonds is 5. The van der Waals surface area contributed by atoms with Gasteiger partial charge in [-0.25, -0.2) is 0 Å². The number of nitrogens with zero attached hydrogens (tertiary/aromatic N) is 3. The number of nitro benzene ring substituents is 2. The average Bonchev–Trinajstić information content (AvgIpc) is 2.67. The Bertz CT molecular complexity index is 991. The van der Waals surface area contributed by atoms with Gasteiger partial charge >= 0.3 is 0 Å². The smallest absolute Gasteiger partial charge is 0.277 e. The number of non-ortho nitro benzene ring substituents is 2. The third-order valence-electron chi connectivity index (χ3n) is 3.63. The van der Waals surface area contributed by atoms with E-state index in [9.17, 15) is 29.8 Å². The van der Waals surface area contributed by atoms with Crippen LogP contribution in [0.3, 0.4) is 0 Å². The van der Waals surface area contributed by atoms with E-state index < -0.39 is 27.1 Å². The quantitative estimate of drug-likeness (QED) is 0.428. The summed E-state index contributed by atoms with van der Waals surface area (Å²) in [6, 6.07) is 9.00. The van der Waals surface area contributed by atoms with E-state index in [1.165, 1.54) is 4.90 Å². The van der Waals surface area contributed by atoms with Crippen LogP contribution in [0.2, 0.25) is 0 Å². The molecule has 0 spiro atoms. The van der Waals surface area contributed by atoms with E-state index in [1.807, 2.05) is 0 Å². The molecular weight excluding hydrogens is 402 g/mol. The molecule has 150 valence electrons. The number of nitrogens with one attached hydrogen (secondary N) is 2. The van der Waals surface area contributed by atoms with Gasteiger partial charge in [0.25, 0.3) is 23.2 Å². The van der Waals surface area contributed by atoms with Gasteiger partial charge in [-0.3, -0.25) is 35.1 Å². The van der Waals surface area contributed by atoms with Crippen LogP contribution >= 0.6 is 12.2 Å². The maximum absolute atomic E-state index is 12.4. The van der Waals surface area contributed by atoms with E-state index in [0.29, 0.717) is 11.3 Å². The third kappa shape index (κ3) is 5.29. The summed E-state index contributed by atoms with van der Waals surface area (Å²) in [7, 11) is 3.16. The Kier molecular flexibility index (Phi) is 6.51. The number of amides is 2. The second-order valence-corrected chi connectivity index (χ2v) is 6.31. The van der Waals surface area contributed by atoms with Crippen LogP contribution in [0.15, 0.2) is 42.5 Å². The molecule has 2 aromatic rings. The normalized spacial score (nSPS) is 10.0. The fraction of sp³-hybridized carbons (Fsp3) is 0.118. The number of carbonyl (C=O) groups excluding carboxylic acids is 2. The van der Waals surface area contributed by atoms with Gasteiger partial charge in [0.05, 0.1) is 32.7 Å². The Morgan fingerprint density at radius 1 is 1.00 bits per heavy atom. The van der Waals surface area contributed by atoms with E-state index in [-0.39, 0.29) is 16.6 Å². The summed E-state index contributed by atoms with van der Waals surface area (Å²) in [4.78, 5) is 46.2. The topological polar surface area (TPSA) is 148 Å². The van der Waals surface area contributed by atoms with Crippen molar-refractivity contribution in [3.05, 3.63) is 73.8 Å². The van der Waals surface area contributed by atoms with Gasteiger partial charge in [-0.2, -0.15) is 0 Å². The summed E-state index contributed by atoms with van der Waals surface area (Å²) in [5.74, 6) is -1.18. The van der Waals surface area contributed by atoms with E-state index in [0.717, 1.165) is 18.2 Å². The third-order valence-corrected chi connectivity index (χ3v) is 3.83. The van der Waals surface area contributed by atoms with Gasteiger partial charge in [0.1, 0.15) is 0 Å². The monoisotopic (exact) mass is 417 g/mol. The molecule has 0 heterocycles. The van der Waals surface area contributed by atoms with Gasteiger partial charge in [-0.15, -0.1) is 0 Å². The number of carbonyl (C=O) groups is 2. The Hall–Kier alpha value is -3.93. The van der Waals surface area contributed by atoms with Crippen LogP contribution in [-0.4, -0.2) is 45.8 Å². The predicted molar refractivity (Wildman–Crippen MR) is 108 cm³/mol. The molecular formula is C17H15N5O6S. The maximum atomic E-state index is 12.4. The number of hydrogen-bond acceptors (Lipinski definition) is 7. The lowest BCUT2D eigenvalue weighted by atomic mass is 10.1. The highest BCUT2D eigenvalue weighted by atomic mass is 32.1. The first-order valence-corrected chi connectivity index (χ1v) is 8.38. The van der Waals surface area contributed by atoms with Crippen LogP contribution in [0.1, 0.15) is 20.7 Å². The van der Waals surface area contributed by atoms with Crippen molar-refractivity contribution in [2.75, 3.05) is 19.4 Å². The number of thiocarbonyl (C=S) groups is 1. The van der Waals surface area contributed by atoms with Gasteiger partial charge in [0.15, 0.2) is 5.11 Å². The second-order valence-electron chi connectivity index (χ2n) is 5.91. The molecule has 11 nitrogen and oxygen atoms in total. The molecule has 12 heteroatoms. The molecule has 0 atom stereocenters. The Labute approximate surface area is 169 Å². The largest absolute Gasteiger partial charge is 0.345 e. The molecule has 2 amide bonds. The first-order chi connectivity index (χ1) is 13.6. The van der Waals surface area contributed by atoms with Crippen molar-refractivity contribution in [1.82, 2.24) is 10.2 Å². The zero-order valence-electron chi connectivity index (χ0n) is 15.2. The van der Waals surface area contributed by atoms with Gasteiger partial charge in [-0.1, -0.05) is 12.1 Å². The van der Waals surface area contributed by atoms with E-state index in [2.05, 4.69) is 10.6 Å². The molecule has 0 saturated carbocycles. The molecule has 2 aromatic carbocycles. The molecule has 29 heavy (non-hydrogen) atoms. The number of benzene rings is 2. The van der Waals surface area contributed by atoms with Gasteiger partial charge in [0.2, 0.25) is 0 Å². The van der Waals surface area contributed by atoms with E-state index in [4.69, 9.17) is 12.2 Å². The Balaban J connectivity index is 2.23. The lowest BCUT2D eigenvalue weighted by molar-refractivity contribution is -0.394. The minimum atomic E-state index is -0.884. The van der Waals surface area contributed by atoms with Crippen LogP contribution in [0.4, 0.5) is 17.1 Å². The van der Waals surface area contributed by atoms with Crippen molar-refractivity contribution in [1.29, 1.82) is 0 Å². The van der Waals surface area contributed by atoms with E-state index >= 15 is 0 Å². The molecule has 0 aliphatic heterocycles. The maximum Gasteiger partial charge on any atom is 0.277 e. The second kappa shape index (κ2) is 8.84. The molecule has 0 aromatic heterocycles. The summed E-state index contributed by atoms with van der Waals surface area (Å²) in [5.41, 5.74) is -0.885. The fourth-order valence-corrected chi connectivity index (χ4v) is 2.49. The summed E-state index contributed by atoms with van der Waals surface area (Å²) < 4.78 is 0. The van der Waals surface area contributed by atoms with Crippen LogP contribution in [0.25, 0.3) is 0 Å². The average molecular weight is 417 g/mol. The molecule has 0 saturated heterocycles. The minimum Gasteiger partial charge on any atom is -0.345 e. The molecule has 2 N–H and O–H groups in total. The first kappa shape index (κ1) is 21.4. The van der Waals surface area contributed by atoms with Crippen molar-refractivity contribution in [3.63, 3.8) is 0 Å². The van der Waals surface area contributed by atoms with Crippen molar-refractivity contribution in [3.8, 4) is 0 Å². The molecule has 0 radical (unpaired) electrons. The lowest BCUT2D eigenvalue weighted by Gasteiger charge is -2.16. The highest BCUT2D eigenvalue weighted by Gasteiger charge is 2.21. The molecule has 0 bridgehead atoms. The Morgan fingerprint density at radius 2 is 1.55 bits per heavy atom. The van der Waals surface area contributed by atoms with Crippen LogP contribution in [0, 0.1) is 20.2 Å². The summed E-state index contributed by atoms with van der Waals surface area (Å²) >= 11 is 5.06. The van der Waals surface area contributed by atoms with Crippen molar-refractivity contribution >= 4 is 46.2 Å². The Morgan fingerprint density at radius 3 is 2.07 bits per heavy atom. The van der Waals surface area contributed by atoms with Crippen molar-refractivity contribution in [2.45, 2.75) is 0 Å². The zero-order chi connectivity index (χ0) is 21.7. The molecule has 0 aliphatic carbocycles. The van der Waals surface area contributed by atoms with Gasteiger partial charge in [0, 0.05) is 26.2 Å². The number of hydrogen-bond donors (Lipinski definition) is 2. The highest BCUT2D eigenvalue weighted by molar-refractivity contribution is 7.80. The molecule has 2 rings (SSSR count). The SMILES string of the molecule is CN(C)C(=O)c1ccccc1NC(=S)NC(=O)c1cc([N+](=O)[O-])cc([N+](=O)[O-])c1. The first-order valence-electron chi connectivity index (χ1n) is 7.97. The molecule has 0 fully saturated rings. The zero-order valence-corrected chi connectivity index (χ0v) is 16.1. The minimum absolute atomic E-state index is 0.192. The van der Waals surface area contributed by atoms with Crippen LogP contribution in [0.5, 0.6) is 0 Å². The van der Waals surface area contributed by atoms with Crippen LogP contribution in [-0.2, 0) is 0 Å². The number of para-hydroxylation sites is 1. The summed E-state index contributed by atoms with van der Waals surface area (Å²) in [6.07, 6.45) is 0. The van der Waals surface area contributed by atoms with E-state index in [1.54, 1.807) is 38.4 Å². The molecule has 0 aliphatic rings.